The molecule has 0 radical (unpaired) electrons. The van der Waals surface area contributed by atoms with Gasteiger partial charge in [0, 0.05) is 84.7 Å². The number of fused-ring (bicyclic) bond motifs is 2. The summed E-state index contributed by atoms with van der Waals surface area (Å²) in [5.41, 5.74) is 14.7. The summed E-state index contributed by atoms with van der Waals surface area (Å²) in [6.07, 6.45) is 5.79. The van der Waals surface area contributed by atoms with Crippen molar-refractivity contribution in [1.29, 1.82) is 0 Å². The number of rotatable bonds is 32. The molecule has 0 bridgehead atoms. The van der Waals surface area contributed by atoms with Crippen LogP contribution in [-0.2, 0) is 78.4 Å². The number of nitrogens with one attached hydrogen (secondary N) is 11. The van der Waals surface area contributed by atoms with E-state index in [-0.39, 0.29) is 69.6 Å². The Hall–Kier alpha value is -10.2. The van der Waals surface area contributed by atoms with Gasteiger partial charge in [-0.1, -0.05) is 62.4 Å². The number of aliphatic carboxylic acids is 1. The van der Waals surface area contributed by atoms with Crippen molar-refractivity contribution in [3.05, 3.63) is 120 Å². The first-order chi connectivity index (χ1) is 42.6. The van der Waals surface area contributed by atoms with Crippen molar-refractivity contribution in [1.82, 2.24) is 67.4 Å². The van der Waals surface area contributed by atoms with E-state index in [1.165, 1.54) is 41.7 Å². The Labute approximate surface area is 510 Å². The number of carbonyl (C=O) groups excluding carboxylic acids is 10. The number of aliphatic hydroxyl groups excluding tert-OH is 1. The fourth-order valence-electron chi connectivity index (χ4n) is 10.4. The van der Waals surface area contributed by atoms with Gasteiger partial charge in [0.25, 0.3) is 0 Å². The van der Waals surface area contributed by atoms with Crippen molar-refractivity contribution in [3.63, 3.8) is 0 Å². The summed E-state index contributed by atoms with van der Waals surface area (Å²) in [6.45, 7) is 1.36. The molecule has 0 unspecified atom stereocenters. The quantitative estimate of drug-likeness (QED) is 0.0222. The first-order valence-electron chi connectivity index (χ1n) is 29.0. The first kappa shape index (κ1) is 66.4. The number of nitrogens with zero attached hydrogens (tertiary/aromatic N) is 2. The largest absolute Gasteiger partial charge is 0.508 e. The summed E-state index contributed by atoms with van der Waals surface area (Å²) in [5.74, 6) is -9.82. The van der Waals surface area contributed by atoms with Crippen LogP contribution < -0.4 is 54.0 Å². The fraction of sp³-hybridized carbons (Fsp3) is 0.400. The molecule has 29 heteroatoms. The van der Waals surface area contributed by atoms with Crippen LogP contribution in [0.5, 0.6) is 5.75 Å². The highest BCUT2D eigenvalue weighted by Crippen LogP contribution is 2.24. The van der Waals surface area contributed by atoms with E-state index >= 15 is 0 Å². The van der Waals surface area contributed by atoms with Crippen LogP contribution >= 0.6 is 0 Å². The van der Waals surface area contributed by atoms with Gasteiger partial charge in [-0.2, -0.15) is 0 Å². The number of aromatic amines is 3. The Morgan fingerprint density at radius 2 is 1.18 bits per heavy atom. The van der Waals surface area contributed by atoms with Crippen molar-refractivity contribution in [2.75, 3.05) is 26.2 Å². The van der Waals surface area contributed by atoms with E-state index < -0.39 is 133 Å². The van der Waals surface area contributed by atoms with Gasteiger partial charge in [0.2, 0.25) is 59.1 Å². The van der Waals surface area contributed by atoms with Crippen LogP contribution in [0.3, 0.4) is 0 Å². The smallest absolute Gasteiger partial charge is 0.322 e. The molecule has 3 aromatic carbocycles. The molecule has 0 saturated carbocycles. The maximum absolute atomic E-state index is 14.5. The molecule has 89 heavy (non-hydrogen) atoms. The Morgan fingerprint density at radius 1 is 0.640 bits per heavy atom. The number of primary amides is 1. The van der Waals surface area contributed by atoms with Gasteiger partial charge in [0.15, 0.2) is 0 Å². The fourth-order valence-corrected chi connectivity index (χ4v) is 10.4. The standard InChI is InChI=1S/C60H75N15O14/c1-32(2)20-47(60(89)75-19-7-12-49(75)59(88)67-29-52(80)81)73-55(84)44(22-34-25-64-41-10-5-3-8-38(34)41)69-51(79)28-66-54(83)43(21-33-13-15-37(77)16-14-33)71-58(87)48(30-76)74-56(85)45(23-35-26-65-42-11-6-4-9-39(35)42)72-57(86)46(24-36-27-63-31-68-36)70-53(82)40(61)17-18-50(62)78/h3-6,8-11,13-16,25-27,31-32,40,43-49,64-65,76-77H,7,12,17-24,28-30,61H2,1-2H3,(H2,62,78)(H,63,68)(H,66,83)(H,67,88)(H,69,79)(H,70,82)(H,71,87)(H,72,86)(H,73,84)(H,74,85)(H,80,81)/t40-,43-,44-,45-,46-,47-,48-,49-/m0/s1. The number of phenols is 1. The molecule has 4 heterocycles. The second-order valence-corrected chi connectivity index (χ2v) is 22.1. The number of amides is 10. The second kappa shape index (κ2) is 31.5. The summed E-state index contributed by atoms with van der Waals surface area (Å²) >= 11 is 0. The number of benzene rings is 3. The maximum atomic E-state index is 14.5. The van der Waals surface area contributed by atoms with Crippen molar-refractivity contribution < 1.29 is 68.1 Å². The predicted molar refractivity (Wildman–Crippen MR) is 321 cm³/mol. The summed E-state index contributed by atoms with van der Waals surface area (Å²) in [7, 11) is 0. The molecule has 1 saturated heterocycles. The predicted octanol–water partition coefficient (Wildman–Crippen LogP) is -1.80. The number of aromatic nitrogens is 4. The number of aromatic hydroxyl groups is 1. The monoisotopic (exact) mass is 1230 g/mol. The van der Waals surface area contributed by atoms with Crippen LogP contribution in [0.2, 0.25) is 0 Å². The Morgan fingerprint density at radius 3 is 1.74 bits per heavy atom. The van der Waals surface area contributed by atoms with Gasteiger partial charge in [-0.15, -0.1) is 0 Å². The molecule has 6 aromatic rings. The van der Waals surface area contributed by atoms with E-state index in [1.807, 2.05) is 26.0 Å². The van der Waals surface area contributed by atoms with Crippen LogP contribution in [0.25, 0.3) is 21.8 Å². The lowest BCUT2D eigenvalue weighted by molar-refractivity contribution is -0.143. The summed E-state index contributed by atoms with van der Waals surface area (Å²) in [4.78, 5) is 164. The van der Waals surface area contributed by atoms with E-state index in [0.29, 0.717) is 39.7 Å². The Bertz CT molecular complexity index is 3490. The van der Waals surface area contributed by atoms with Gasteiger partial charge in [-0.3, -0.25) is 52.7 Å². The number of hydrogen-bond donors (Lipinski definition) is 16. The zero-order valence-electron chi connectivity index (χ0n) is 49.0. The van der Waals surface area contributed by atoms with E-state index in [0.717, 1.165) is 10.9 Å². The van der Waals surface area contributed by atoms with Crippen LogP contribution in [-0.4, -0.2) is 180 Å². The van der Waals surface area contributed by atoms with E-state index in [4.69, 9.17) is 16.6 Å². The van der Waals surface area contributed by atoms with Gasteiger partial charge in [0.1, 0.15) is 54.6 Å². The van der Waals surface area contributed by atoms with Gasteiger partial charge in [-0.05, 0) is 72.6 Å². The number of H-pyrrole nitrogens is 3. The summed E-state index contributed by atoms with van der Waals surface area (Å²) < 4.78 is 0. The van der Waals surface area contributed by atoms with E-state index in [9.17, 15) is 63.0 Å². The number of aliphatic hydroxyl groups is 1. The molecule has 7 rings (SSSR count). The van der Waals surface area contributed by atoms with Crippen LogP contribution in [0.15, 0.2) is 97.7 Å². The molecular weight excluding hydrogens is 1150 g/mol. The number of phenolic OH excluding ortho intramolecular Hbond substituents is 1. The topological polar surface area (TPSA) is 460 Å². The SMILES string of the molecule is CC(C)C[C@H](NC(=O)[C@H](Cc1c[nH]c2ccccc12)NC(=O)CNC(=O)[C@H](Cc1ccc(O)cc1)NC(=O)[C@H](CO)NC(=O)[C@H](Cc1c[nH]c2ccccc12)NC(=O)[C@H](Cc1cnc[nH]1)NC(=O)[C@@H](N)CCC(N)=O)C(=O)N1CCC[C@H]1C(=O)NCC(=O)O. The van der Waals surface area contributed by atoms with Crippen molar-refractivity contribution in [2.24, 2.45) is 17.4 Å². The van der Waals surface area contributed by atoms with Crippen molar-refractivity contribution >= 4 is 86.8 Å². The Balaban J connectivity index is 1.08. The molecule has 1 fully saturated rings. The summed E-state index contributed by atoms with van der Waals surface area (Å²) in [6, 6.07) is 8.92. The highest BCUT2D eigenvalue weighted by atomic mass is 16.4. The molecule has 8 atom stereocenters. The van der Waals surface area contributed by atoms with Gasteiger partial charge in [0.05, 0.1) is 25.5 Å². The minimum atomic E-state index is -1.78. The van der Waals surface area contributed by atoms with Crippen molar-refractivity contribution in [2.45, 2.75) is 120 Å². The van der Waals surface area contributed by atoms with Crippen molar-refractivity contribution in [3.8, 4) is 5.75 Å². The number of carboxylic acids is 1. The molecule has 18 N–H and O–H groups in total. The third kappa shape index (κ3) is 18.9. The maximum Gasteiger partial charge on any atom is 0.322 e. The van der Waals surface area contributed by atoms with Crippen LogP contribution in [0.1, 0.15) is 68.3 Å². The van der Waals surface area contributed by atoms with E-state index in [1.54, 1.807) is 48.8 Å². The van der Waals surface area contributed by atoms with Crippen LogP contribution in [0, 0.1) is 5.92 Å². The molecule has 0 spiro atoms. The Kier molecular flexibility index (Phi) is 23.5. The third-order valence-electron chi connectivity index (χ3n) is 15.0. The summed E-state index contributed by atoms with van der Waals surface area (Å²) in [5, 5.41) is 51.8. The van der Waals surface area contributed by atoms with Gasteiger partial charge >= 0.3 is 5.97 Å². The number of para-hydroxylation sites is 2. The molecule has 10 amide bonds. The average Bonchev–Trinajstić information content (AvgIpc) is 2.51. The number of hydrogen-bond acceptors (Lipinski definition) is 15. The second-order valence-electron chi connectivity index (χ2n) is 22.1. The first-order valence-corrected chi connectivity index (χ1v) is 29.0. The molecule has 3 aromatic heterocycles. The molecule has 1 aliphatic rings. The average molecular weight is 1230 g/mol. The van der Waals surface area contributed by atoms with Crippen LogP contribution in [0.4, 0.5) is 0 Å². The molecule has 474 valence electrons. The van der Waals surface area contributed by atoms with Gasteiger partial charge < -0.3 is 89.2 Å². The minimum absolute atomic E-state index is 0.112. The number of imidazole rings is 1. The zero-order valence-corrected chi connectivity index (χ0v) is 49.0. The molecule has 1 aliphatic heterocycles. The molecule has 29 nitrogen and oxygen atoms in total. The molecular formula is C60H75N15O14. The lowest BCUT2D eigenvalue weighted by atomic mass is 10.00. The lowest BCUT2D eigenvalue weighted by Crippen LogP contribution is -2.60. The number of carbonyl (C=O) groups is 11. The number of carboxylic acid groups (broad SMARTS) is 1. The number of nitrogens with two attached hydrogens (primary N) is 2. The molecule has 0 aliphatic carbocycles. The highest BCUT2D eigenvalue weighted by Gasteiger charge is 2.39. The number of likely N-dealkylation sites (tertiary alicyclic amines) is 1. The highest BCUT2D eigenvalue weighted by molar-refractivity contribution is 5.99. The third-order valence-corrected chi connectivity index (χ3v) is 15.0. The van der Waals surface area contributed by atoms with Gasteiger partial charge in [-0.25, -0.2) is 4.98 Å². The van der Waals surface area contributed by atoms with E-state index in [2.05, 4.69) is 62.5 Å². The normalized spacial score (nSPS) is 15.3. The zero-order chi connectivity index (χ0) is 64.3. The lowest BCUT2D eigenvalue weighted by Gasteiger charge is -2.30. The minimum Gasteiger partial charge on any atom is -0.508 e.